The van der Waals surface area contributed by atoms with Crippen molar-refractivity contribution in [2.75, 3.05) is 6.61 Å². The molecule has 4 unspecified atom stereocenters. The van der Waals surface area contributed by atoms with Crippen molar-refractivity contribution in [1.82, 2.24) is 5.32 Å². The van der Waals surface area contributed by atoms with Crippen molar-refractivity contribution in [2.24, 2.45) is 0 Å². The van der Waals surface area contributed by atoms with Crippen LogP contribution in [0, 0.1) is 0 Å². The molecular formula is C67H133NO5. The predicted molar refractivity (Wildman–Crippen MR) is 321 cm³/mol. The van der Waals surface area contributed by atoms with Crippen LogP contribution in [0.4, 0.5) is 0 Å². The molecule has 4 atom stereocenters. The summed E-state index contributed by atoms with van der Waals surface area (Å²) < 4.78 is 0. The second-order valence-electron chi connectivity index (χ2n) is 23.5. The lowest BCUT2D eigenvalue weighted by Crippen LogP contribution is -2.53. The van der Waals surface area contributed by atoms with Gasteiger partial charge in [0.15, 0.2) is 0 Å². The summed E-state index contributed by atoms with van der Waals surface area (Å²) >= 11 is 0. The van der Waals surface area contributed by atoms with Gasteiger partial charge in [0.2, 0.25) is 5.91 Å². The number of nitrogens with one attached hydrogen (secondary N) is 1. The summed E-state index contributed by atoms with van der Waals surface area (Å²) in [5, 5.41) is 44.2. The van der Waals surface area contributed by atoms with Gasteiger partial charge in [-0.1, -0.05) is 353 Å². The maximum absolute atomic E-state index is 12.6. The highest BCUT2D eigenvalue weighted by atomic mass is 16.3. The van der Waals surface area contributed by atoms with Gasteiger partial charge in [-0.25, -0.2) is 0 Å². The van der Waals surface area contributed by atoms with Crippen LogP contribution in [0.3, 0.4) is 0 Å². The van der Waals surface area contributed by atoms with Gasteiger partial charge in [0, 0.05) is 0 Å². The third-order valence-electron chi connectivity index (χ3n) is 16.2. The summed E-state index contributed by atoms with van der Waals surface area (Å²) in [6.45, 7) is 4.10. The van der Waals surface area contributed by atoms with E-state index in [1.165, 1.54) is 315 Å². The average Bonchev–Trinajstić information content (AvgIpc) is 3.40. The SMILES string of the molecule is CCCCCCCCCCCCCCCCCCCCCCCC/C=C/CCCC(O)C(O)C(CO)NC(=O)C(O)CCCCCCCCCCCCCCCCCCCCCCCCCCCCCCCC. The van der Waals surface area contributed by atoms with Gasteiger partial charge >= 0.3 is 0 Å². The molecule has 0 bridgehead atoms. The number of carbonyl (C=O) groups is 1. The van der Waals surface area contributed by atoms with E-state index in [9.17, 15) is 25.2 Å². The molecule has 0 radical (unpaired) electrons. The monoisotopic (exact) mass is 1030 g/mol. The van der Waals surface area contributed by atoms with Crippen LogP contribution >= 0.6 is 0 Å². The minimum atomic E-state index is -1.28. The quantitative estimate of drug-likeness (QED) is 0.0308. The molecule has 0 aliphatic heterocycles. The summed E-state index contributed by atoms with van der Waals surface area (Å²) in [6.07, 6.45) is 76.2. The lowest BCUT2D eigenvalue weighted by atomic mass is 10.00. The van der Waals surface area contributed by atoms with Gasteiger partial charge in [0.1, 0.15) is 12.2 Å². The molecule has 5 N–H and O–H groups in total. The summed E-state index contributed by atoms with van der Waals surface area (Å²) in [6, 6.07) is -1.000. The fraction of sp³-hybridized carbons (Fsp3) is 0.955. The molecule has 0 aliphatic carbocycles. The number of aliphatic hydroxyl groups is 4. The van der Waals surface area contributed by atoms with Crippen molar-refractivity contribution in [3.05, 3.63) is 12.2 Å². The number of allylic oxidation sites excluding steroid dienone is 2. The Kier molecular flexibility index (Phi) is 61.1. The summed E-state index contributed by atoms with van der Waals surface area (Å²) in [5.41, 5.74) is 0. The maximum atomic E-state index is 12.6. The summed E-state index contributed by atoms with van der Waals surface area (Å²) in [7, 11) is 0. The van der Waals surface area contributed by atoms with E-state index in [-0.39, 0.29) is 0 Å². The Morgan fingerprint density at radius 3 is 0.822 bits per heavy atom. The van der Waals surface area contributed by atoms with Gasteiger partial charge in [0.05, 0.1) is 18.8 Å². The van der Waals surface area contributed by atoms with Crippen LogP contribution in [0.25, 0.3) is 0 Å². The Morgan fingerprint density at radius 2 is 0.562 bits per heavy atom. The van der Waals surface area contributed by atoms with Gasteiger partial charge in [-0.2, -0.15) is 0 Å². The number of hydrogen-bond acceptors (Lipinski definition) is 5. The summed E-state index contributed by atoms with van der Waals surface area (Å²) in [4.78, 5) is 12.6. The van der Waals surface area contributed by atoms with Crippen molar-refractivity contribution in [2.45, 2.75) is 404 Å². The Bertz CT molecular complexity index is 1070. The Hall–Kier alpha value is -0.950. The number of carbonyl (C=O) groups excluding carboxylic acids is 1. The molecular weight excluding hydrogens is 899 g/mol. The first-order chi connectivity index (χ1) is 36.0. The lowest BCUT2D eigenvalue weighted by molar-refractivity contribution is -0.132. The van der Waals surface area contributed by atoms with Crippen LogP contribution < -0.4 is 5.32 Å². The topological polar surface area (TPSA) is 110 Å². The normalized spacial score (nSPS) is 13.6. The minimum Gasteiger partial charge on any atom is -0.394 e. The van der Waals surface area contributed by atoms with E-state index in [1.807, 2.05) is 0 Å². The summed E-state index contributed by atoms with van der Waals surface area (Å²) in [5.74, 6) is -0.584. The van der Waals surface area contributed by atoms with E-state index in [0.29, 0.717) is 12.8 Å². The van der Waals surface area contributed by atoms with Crippen LogP contribution in [0.5, 0.6) is 0 Å². The first-order valence-electron chi connectivity index (χ1n) is 33.6. The molecule has 0 aliphatic rings. The van der Waals surface area contributed by atoms with Crippen LogP contribution in [0.1, 0.15) is 380 Å². The van der Waals surface area contributed by atoms with Crippen LogP contribution in [0.15, 0.2) is 12.2 Å². The van der Waals surface area contributed by atoms with E-state index < -0.39 is 36.9 Å². The van der Waals surface area contributed by atoms with E-state index in [4.69, 9.17) is 0 Å². The zero-order chi connectivity index (χ0) is 53.0. The fourth-order valence-electron chi connectivity index (χ4n) is 11.0. The Balaban J connectivity index is 3.55. The first kappa shape index (κ1) is 72.0. The second kappa shape index (κ2) is 61.9. The van der Waals surface area contributed by atoms with E-state index >= 15 is 0 Å². The van der Waals surface area contributed by atoms with Gasteiger partial charge in [-0.3, -0.25) is 4.79 Å². The highest BCUT2D eigenvalue weighted by Crippen LogP contribution is 2.19. The van der Waals surface area contributed by atoms with E-state index in [0.717, 1.165) is 38.5 Å². The zero-order valence-corrected chi connectivity index (χ0v) is 49.7. The van der Waals surface area contributed by atoms with Crippen LogP contribution in [-0.4, -0.2) is 57.3 Å². The Labute approximate surface area is 457 Å². The average molecular weight is 1030 g/mol. The standard InChI is InChI=1S/C67H133NO5/c1-3-5-7-9-11-13-15-17-19-21-23-25-27-29-31-32-33-35-37-39-41-43-45-47-49-51-53-55-57-59-61-65(71)67(73)68-63(62-69)66(72)64(70)60-58-56-54-52-50-48-46-44-42-40-38-36-34-30-28-26-24-22-20-18-16-14-12-10-8-6-4-2/h52,54,63-66,69-72H,3-51,53,55-62H2,1-2H3,(H,68,73)/b54-52+. The molecule has 0 aromatic rings. The van der Waals surface area contributed by atoms with Crippen molar-refractivity contribution >= 4 is 5.91 Å². The second-order valence-corrected chi connectivity index (χ2v) is 23.5. The van der Waals surface area contributed by atoms with Gasteiger partial charge < -0.3 is 25.7 Å². The molecule has 0 rings (SSSR count). The smallest absolute Gasteiger partial charge is 0.249 e. The van der Waals surface area contributed by atoms with Crippen LogP contribution in [-0.2, 0) is 4.79 Å². The van der Waals surface area contributed by atoms with Gasteiger partial charge in [-0.15, -0.1) is 0 Å². The highest BCUT2D eigenvalue weighted by molar-refractivity contribution is 5.80. The molecule has 0 fully saturated rings. The lowest BCUT2D eigenvalue weighted by Gasteiger charge is -2.27. The minimum absolute atomic E-state index is 0.369. The number of rotatable bonds is 63. The third kappa shape index (κ3) is 55.6. The molecule has 0 aromatic carbocycles. The molecule has 1 amide bonds. The van der Waals surface area contributed by atoms with Gasteiger partial charge in [0.25, 0.3) is 0 Å². The molecule has 0 saturated carbocycles. The van der Waals surface area contributed by atoms with Crippen molar-refractivity contribution < 1.29 is 25.2 Å². The van der Waals surface area contributed by atoms with E-state index in [2.05, 4.69) is 31.3 Å². The first-order valence-corrected chi connectivity index (χ1v) is 33.6. The molecule has 0 heterocycles. The van der Waals surface area contributed by atoms with Crippen molar-refractivity contribution in [3.8, 4) is 0 Å². The number of aliphatic hydroxyl groups excluding tert-OH is 4. The fourth-order valence-corrected chi connectivity index (χ4v) is 11.0. The Morgan fingerprint density at radius 1 is 0.329 bits per heavy atom. The van der Waals surface area contributed by atoms with E-state index in [1.54, 1.807) is 0 Å². The molecule has 0 aromatic heterocycles. The number of unbranched alkanes of at least 4 members (excludes halogenated alkanes) is 52. The zero-order valence-electron chi connectivity index (χ0n) is 49.7. The van der Waals surface area contributed by atoms with Crippen LogP contribution in [0.2, 0.25) is 0 Å². The molecule has 6 nitrogen and oxygen atoms in total. The van der Waals surface area contributed by atoms with Crippen molar-refractivity contribution in [1.29, 1.82) is 0 Å². The molecule has 6 heteroatoms. The number of amides is 1. The highest BCUT2D eigenvalue weighted by Gasteiger charge is 2.28. The largest absolute Gasteiger partial charge is 0.394 e. The molecule has 0 saturated heterocycles. The third-order valence-corrected chi connectivity index (χ3v) is 16.2. The molecule has 436 valence electrons. The number of hydrogen-bond donors (Lipinski definition) is 5. The van der Waals surface area contributed by atoms with Crippen molar-refractivity contribution in [3.63, 3.8) is 0 Å². The molecule has 0 spiro atoms. The predicted octanol–water partition coefficient (Wildman–Crippen LogP) is 20.4. The van der Waals surface area contributed by atoms with Gasteiger partial charge in [-0.05, 0) is 38.5 Å². The maximum Gasteiger partial charge on any atom is 0.249 e. The molecule has 73 heavy (non-hydrogen) atoms.